The van der Waals surface area contributed by atoms with Crippen molar-refractivity contribution in [3.05, 3.63) is 41.9 Å². The highest BCUT2D eigenvalue weighted by molar-refractivity contribution is 7.99. The van der Waals surface area contributed by atoms with Gasteiger partial charge < -0.3 is 35.4 Å². The van der Waals surface area contributed by atoms with E-state index in [0.717, 1.165) is 48.3 Å². The molecule has 3 saturated heterocycles. The molecule has 3 fully saturated rings. The third-order valence-electron chi connectivity index (χ3n) is 9.18. The molecule has 3 aromatic rings. The van der Waals surface area contributed by atoms with Gasteiger partial charge in [0.1, 0.15) is 16.7 Å². The number of nitrogens with two attached hydrogens (primary N) is 1. The summed E-state index contributed by atoms with van der Waals surface area (Å²) in [6.45, 7) is 5.94. The second-order valence-corrected chi connectivity index (χ2v) is 13.0. The van der Waals surface area contributed by atoms with Crippen LogP contribution in [0.4, 0.5) is 23.4 Å². The van der Waals surface area contributed by atoms with Gasteiger partial charge in [0, 0.05) is 62.0 Å². The molecule has 0 bridgehead atoms. The van der Waals surface area contributed by atoms with Crippen LogP contribution in [0.15, 0.2) is 46.8 Å². The fourth-order valence-corrected chi connectivity index (χ4v) is 7.14. The SMILES string of the molecule is COC1(CO)CCN(c2nccc(Nc3nccc(Sc4cnc(N5CCC6(CC5)CO[C@@H](C)[C@H]6N)cn4)c3Cl)n2)CC1.Cl. The van der Waals surface area contributed by atoms with Crippen LogP contribution in [0.3, 0.4) is 0 Å². The number of pyridine rings is 1. The first-order valence-electron chi connectivity index (χ1n) is 14.6. The van der Waals surface area contributed by atoms with Gasteiger partial charge in [-0.1, -0.05) is 23.4 Å². The zero-order valence-electron chi connectivity index (χ0n) is 24.9. The minimum atomic E-state index is -0.498. The molecular weight excluding hydrogens is 625 g/mol. The van der Waals surface area contributed by atoms with Gasteiger partial charge in [0.2, 0.25) is 5.95 Å². The summed E-state index contributed by atoms with van der Waals surface area (Å²) >= 11 is 8.21. The lowest BCUT2D eigenvalue weighted by Crippen LogP contribution is -2.50. The lowest BCUT2D eigenvalue weighted by molar-refractivity contribution is -0.0674. The first kappa shape index (κ1) is 32.9. The fourth-order valence-electron chi connectivity index (χ4n) is 6.12. The van der Waals surface area contributed by atoms with Crippen molar-refractivity contribution < 1.29 is 14.6 Å². The maximum atomic E-state index is 9.74. The van der Waals surface area contributed by atoms with Gasteiger partial charge in [-0.3, -0.25) is 0 Å². The van der Waals surface area contributed by atoms with E-state index in [1.807, 2.05) is 12.3 Å². The molecular formula is C29H39Cl2N9O3S. The third kappa shape index (κ3) is 6.69. The summed E-state index contributed by atoms with van der Waals surface area (Å²) in [5.41, 5.74) is 6.05. The van der Waals surface area contributed by atoms with Crippen molar-refractivity contribution in [3.8, 4) is 0 Å². The molecule has 0 unspecified atom stereocenters. The molecule has 3 aromatic heterocycles. The van der Waals surface area contributed by atoms with Gasteiger partial charge >= 0.3 is 0 Å². The van der Waals surface area contributed by atoms with Gasteiger partial charge in [0.25, 0.3) is 0 Å². The van der Waals surface area contributed by atoms with Crippen molar-refractivity contribution in [2.24, 2.45) is 11.1 Å². The maximum Gasteiger partial charge on any atom is 0.227 e. The Morgan fingerprint density at radius 3 is 2.43 bits per heavy atom. The molecule has 0 radical (unpaired) electrons. The lowest BCUT2D eigenvalue weighted by atomic mass is 9.73. The number of ether oxygens (including phenoxy) is 2. The standard InChI is InChI=1S/C29H38ClN9O3S.ClH/c1-19-25(31)28(18-42-19)5-11-38(12-6-28)22-15-35-23(16-34-22)43-20-3-9-32-26(24(20)30)36-21-4-10-33-27(37-21)39-13-7-29(17-40,41-2)8-14-39;/h3-4,9-10,15-16,19,25,40H,5-8,11-14,17-18,31H2,1-2H3,(H,32,33,36,37);1H/t19-,25+;/m0./s1. The van der Waals surface area contributed by atoms with Crippen LogP contribution < -0.4 is 20.9 Å². The highest BCUT2D eigenvalue weighted by Gasteiger charge is 2.47. The van der Waals surface area contributed by atoms with Crippen LogP contribution in [-0.2, 0) is 9.47 Å². The normalized spacial score (nSPS) is 22.6. The second-order valence-electron chi connectivity index (χ2n) is 11.6. The number of halogens is 2. The Hall–Kier alpha value is -2.52. The molecule has 6 rings (SSSR count). The molecule has 4 N–H and O–H groups in total. The van der Waals surface area contributed by atoms with Crippen molar-refractivity contribution in [3.63, 3.8) is 0 Å². The van der Waals surface area contributed by atoms with Crippen molar-refractivity contribution in [1.29, 1.82) is 0 Å². The van der Waals surface area contributed by atoms with E-state index in [9.17, 15) is 5.11 Å². The number of nitrogens with zero attached hydrogens (tertiary/aromatic N) is 7. The van der Waals surface area contributed by atoms with Crippen molar-refractivity contribution in [1.82, 2.24) is 24.9 Å². The summed E-state index contributed by atoms with van der Waals surface area (Å²) in [7, 11) is 1.64. The summed E-state index contributed by atoms with van der Waals surface area (Å²) in [5, 5.41) is 14.2. The first-order chi connectivity index (χ1) is 20.8. The first-order valence-corrected chi connectivity index (χ1v) is 15.8. The third-order valence-corrected chi connectivity index (χ3v) is 10.7. The molecule has 44 heavy (non-hydrogen) atoms. The number of rotatable bonds is 8. The average Bonchev–Trinajstić information content (AvgIpc) is 3.32. The van der Waals surface area contributed by atoms with Gasteiger partial charge in [-0.25, -0.2) is 19.9 Å². The Morgan fingerprint density at radius 1 is 1.07 bits per heavy atom. The van der Waals surface area contributed by atoms with Crippen LogP contribution in [0.25, 0.3) is 0 Å². The number of anilines is 4. The van der Waals surface area contributed by atoms with Crippen LogP contribution >= 0.6 is 35.8 Å². The number of piperidine rings is 2. The fraction of sp³-hybridized carbons (Fsp3) is 0.552. The number of methoxy groups -OCH3 is 1. The van der Waals surface area contributed by atoms with Crippen LogP contribution in [0, 0.1) is 5.41 Å². The monoisotopic (exact) mass is 663 g/mol. The van der Waals surface area contributed by atoms with E-state index in [2.05, 4.69) is 42.0 Å². The molecule has 2 atom stereocenters. The summed E-state index contributed by atoms with van der Waals surface area (Å²) < 4.78 is 11.4. The van der Waals surface area contributed by atoms with E-state index in [4.69, 9.17) is 31.8 Å². The lowest BCUT2D eigenvalue weighted by Gasteiger charge is -2.41. The Kier molecular flexibility index (Phi) is 10.3. The Bertz CT molecular complexity index is 1400. The number of hydrogen-bond acceptors (Lipinski definition) is 13. The molecule has 3 aliphatic rings. The van der Waals surface area contributed by atoms with E-state index >= 15 is 0 Å². The van der Waals surface area contributed by atoms with Crippen LogP contribution in [0.2, 0.25) is 5.02 Å². The summed E-state index contributed by atoms with van der Waals surface area (Å²) in [4.78, 5) is 28.1. The Balaban J connectivity index is 0.00000384. The topological polar surface area (TPSA) is 148 Å². The van der Waals surface area contributed by atoms with E-state index in [-0.39, 0.29) is 36.6 Å². The molecule has 0 amide bonds. The van der Waals surface area contributed by atoms with Crippen molar-refractivity contribution in [2.45, 2.75) is 60.3 Å². The second kappa shape index (κ2) is 13.9. The smallest absolute Gasteiger partial charge is 0.227 e. The molecule has 6 heterocycles. The molecule has 0 aromatic carbocycles. The zero-order valence-corrected chi connectivity index (χ0v) is 27.2. The minimum Gasteiger partial charge on any atom is -0.393 e. The average molecular weight is 665 g/mol. The summed E-state index contributed by atoms with van der Waals surface area (Å²) in [6, 6.07) is 3.72. The van der Waals surface area contributed by atoms with Gasteiger partial charge in [0.15, 0.2) is 5.82 Å². The Labute approximate surface area is 272 Å². The van der Waals surface area contributed by atoms with Crippen molar-refractivity contribution in [2.75, 3.05) is 61.6 Å². The van der Waals surface area contributed by atoms with E-state index < -0.39 is 5.60 Å². The van der Waals surface area contributed by atoms with Gasteiger partial charge in [-0.2, -0.15) is 4.98 Å². The van der Waals surface area contributed by atoms with Gasteiger partial charge in [-0.05, 0) is 44.7 Å². The van der Waals surface area contributed by atoms with Gasteiger partial charge in [0.05, 0.1) is 42.3 Å². The number of nitrogens with one attached hydrogen (secondary N) is 1. The molecule has 238 valence electrons. The van der Waals surface area contributed by atoms with E-state index in [1.165, 1.54) is 11.8 Å². The summed E-state index contributed by atoms with van der Waals surface area (Å²) in [5.74, 6) is 2.53. The van der Waals surface area contributed by atoms with Gasteiger partial charge in [-0.15, -0.1) is 12.4 Å². The maximum absolute atomic E-state index is 9.74. The predicted molar refractivity (Wildman–Crippen MR) is 174 cm³/mol. The highest BCUT2D eigenvalue weighted by atomic mass is 35.5. The van der Waals surface area contributed by atoms with Crippen LogP contribution in [0.5, 0.6) is 0 Å². The number of aromatic nitrogens is 5. The predicted octanol–water partition coefficient (Wildman–Crippen LogP) is 3.94. The quantitative estimate of drug-likeness (QED) is 0.320. The molecule has 15 heteroatoms. The number of hydrogen-bond donors (Lipinski definition) is 3. The molecule has 12 nitrogen and oxygen atoms in total. The Morgan fingerprint density at radius 2 is 1.80 bits per heavy atom. The molecule has 3 aliphatic heterocycles. The highest BCUT2D eigenvalue weighted by Crippen LogP contribution is 2.42. The number of aliphatic hydroxyl groups excluding tert-OH is 1. The molecule has 0 saturated carbocycles. The largest absolute Gasteiger partial charge is 0.393 e. The molecule has 1 spiro atoms. The summed E-state index contributed by atoms with van der Waals surface area (Å²) in [6.07, 6.45) is 10.5. The van der Waals surface area contributed by atoms with Crippen LogP contribution in [-0.4, -0.2) is 94.3 Å². The molecule has 0 aliphatic carbocycles. The van der Waals surface area contributed by atoms with E-state index in [0.29, 0.717) is 48.5 Å². The zero-order chi connectivity index (χ0) is 30.0. The minimum absolute atomic E-state index is 0. The van der Waals surface area contributed by atoms with Crippen LogP contribution in [0.1, 0.15) is 32.6 Å². The number of aliphatic hydroxyl groups is 1. The van der Waals surface area contributed by atoms with E-state index in [1.54, 1.807) is 31.8 Å². The van der Waals surface area contributed by atoms with Crippen molar-refractivity contribution >= 4 is 59.2 Å².